The molecule has 1 aliphatic heterocycles. The van der Waals surface area contributed by atoms with Crippen LogP contribution < -0.4 is 16.4 Å². The molecule has 4 N–H and O–H groups in total. The molecule has 34 heavy (non-hydrogen) atoms. The molecule has 0 spiro atoms. The smallest absolute Gasteiger partial charge is 0.469 e. The average molecular weight is 528 g/mol. The molecule has 1 heterocycles. The van der Waals surface area contributed by atoms with Crippen molar-refractivity contribution in [2.45, 2.75) is 46.3 Å². The predicted octanol–water partition coefficient (Wildman–Crippen LogP) is 1.16. The fourth-order valence-corrected chi connectivity index (χ4v) is 4.82. The molecule has 13 nitrogen and oxygen atoms in total. The van der Waals surface area contributed by atoms with Crippen molar-refractivity contribution in [3.8, 4) is 0 Å². The summed E-state index contributed by atoms with van der Waals surface area (Å²) >= 11 is 0.998. The van der Waals surface area contributed by atoms with E-state index in [1.807, 2.05) is 13.8 Å². The molecule has 0 radical (unpaired) electrons. The lowest BCUT2D eigenvalue weighted by Crippen LogP contribution is -2.50. The van der Waals surface area contributed by atoms with E-state index in [0.29, 0.717) is 5.75 Å². The summed E-state index contributed by atoms with van der Waals surface area (Å²) < 4.78 is 37.4. The maximum absolute atomic E-state index is 12.7. The Morgan fingerprint density at radius 1 is 1.21 bits per heavy atom. The molecule has 196 valence electrons. The van der Waals surface area contributed by atoms with Crippen LogP contribution in [0.3, 0.4) is 0 Å². The minimum Gasteiger partial charge on any atom is -0.469 e. The lowest BCUT2D eigenvalue weighted by molar-refractivity contribution is -0.144. The Labute approximate surface area is 203 Å². The fourth-order valence-electron chi connectivity index (χ4n) is 2.44. The van der Waals surface area contributed by atoms with Crippen LogP contribution in [0, 0.1) is 11.3 Å². The van der Waals surface area contributed by atoms with Crippen LogP contribution in [0.4, 0.5) is 4.79 Å². The molecule has 1 saturated heterocycles. The summed E-state index contributed by atoms with van der Waals surface area (Å²) in [5.74, 6) is -0.801. The monoisotopic (exact) mass is 527 g/mol. The summed E-state index contributed by atoms with van der Waals surface area (Å²) in [6, 6.07) is -0.582. The van der Waals surface area contributed by atoms with Crippen LogP contribution in [-0.4, -0.2) is 74.6 Å². The zero-order chi connectivity index (χ0) is 25.9. The molecule has 0 aromatic heterocycles. The maximum Gasteiger partial charge on any atom is 0.478 e. The second-order valence-corrected chi connectivity index (χ2v) is 11.1. The molecule has 0 aromatic carbocycles. The molecule has 1 fully saturated rings. The number of ether oxygens (including phenoxy) is 2. The highest BCUT2D eigenvalue weighted by Crippen LogP contribution is 2.57. The number of methoxy groups -OCH3 is 1. The van der Waals surface area contributed by atoms with Crippen LogP contribution in [-0.2, 0) is 42.0 Å². The number of amides is 2. The van der Waals surface area contributed by atoms with Gasteiger partial charge in [0.15, 0.2) is 6.10 Å². The quantitative estimate of drug-likeness (QED) is 0.143. The predicted molar refractivity (Wildman–Crippen MR) is 123 cm³/mol. The van der Waals surface area contributed by atoms with Gasteiger partial charge in [-0.2, -0.15) is 0 Å². The Bertz CT molecular complexity index is 779. The SMILES string of the molecule is COC(=O)CCNC(=O)C1OP(=O)(OCOC(=O)NCCSC(=O)C(N)C(C)C)OCC1(C)C. The average Bonchev–Trinajstić information content (AvgIpc) is 2.77. The lowest BCUT2D eigenvalue weighted by Gasteiger charge is -2.39. The highest BCUT2D eigenvalue weighted by molar-refractivity contribution is 8.13. The zero-order valence-electron chi connectivity index (χ0n) is 20.0. The van der Waals surface area contributed by atoms with Crippen LogP contribution in [0.5, 0.6) is 0 Å². The van der Waals surface area contributed by atoms with Crippen LogP contribution in [0.1, 0.15) is 34.1 Å². The van der Waals surface area contributed by atoms with Gasteiger partial charge < -0.3 is 25.8 Å². The minimum atomic E-state index is -4.20. The number of rotatable bonds is 12. The Morgan fingerprint density at radius 3 is 2.50 bits per heavy atom. The second-order valence-electron chi connectivity index (χ2n) is 8.35. The molecule has 0 aromatic rings. The Balaban J connectivity index is 2.42. The number of hydrogen-bond donors (Lipinski definition) is 3. The third kappa shape index (κ3) is 10.3. The highest BCUT2D eigenvalue weighted by Gasteiger charge is 2.49. The van der Waals surface area contributed by atoms with Crippen molar-refractivity contribution in [2.75, 3.05) is 39.4 Å². The van der Waals surface area contributed by atoms with Gasteiger partial charge in [-0.05, 0) is 5.92 Å². The summed E-state index contributed by atoms with van der Waals surface area (Å²) in [5.41, 5.74) is 4.90. The highest BCUT2D eigenvalue weighted by atomic mass is 32.2. The normalized spacial score (nSPS) is 22.5. The van der Waals surface area contributed by atoms with Gasteiger partial charge in [0, 0.05) is 24.3 Å². The molecule has 0 saturated carbocycles. The molecule has 15 heteroatoms. The second kappa shape index (κ2) is 14.0. The van der Waals surface area contributed by atoms with Gasteiger partial charge in [0.1, 0.15) is 0 Å². The van der Waals surface area contributed by atoms with Gasteiger partial charge >= 0.3 is 19.9 Å². The summed E-state index contributed by atoms with van der Waals surface area (Å²) in [7, 11) is -2.97. The fraction of sp³-hybridized carbons (Fsp3) is 0.789. The molecule has 3 atom stereocenters. The van der Waals surface area contributed by atoms with E-state index in [9.17, 15) is 23.7 Å². The van der Waals surface area contributed by atoms with Crippen molar-refractivity contribution < 1.29 is 46.8 Å². The summed E-state index contributed by atoms with van der Waals surface area (Å²) in [4.78, 5) is 47.2. The van der Waals surface area contributed by atoms with Crippen molar-refractivity contribution in [3.63, 3.8) is 0 Å². The third-order valence-electron chi connectivity index (χ3n) is 4.64. The number of carbonyl (C=O) groups excluding carboxylic acids is 4. The number of nitrogens with two attached hydrogens (primary N) is 1. The molecule has 0 aliphatic carbocycles. The molecule has 3 unspecified atom stereocenters. The molecule has 2 amide bonds. The number of phosphoric ester groups is 1. The van der Waals surface area contributed by atoms with E-state index >= 15 is 0 Å². The number of thioether (sulfide) groups is 1. The largest absolute Gasteiger partial charge is 0.478 e. The number of carbonyl (C=O) groups is 4. The van der Waals surface area contributed by atoms with Crippen molar-refractivity contribution in [1.82, 2.24) is 10.6 Å². The topological polar surface area (TPSA) is 182 Å². The molecular formula is C19H34N3O10PS. The van der Waals surface area contributed by atoms with Crippen LogP contribution in [0.2, 0.25) is 0 Å². The number of phosphoric acid groups is 1. The Morgan fingerprint density at radius 2 is 1.88 bits per heavy atom. The van der Waals surface area contributed by atoms with Crippen molar-refractivity contribution in [2.24, 2.45) is 17.1 Å². The van der Waals surface area contributed by atoms with Gasteiger partial charge in [0.25, 0.3) is 0 Å². The van der Waals surface area contributed by atoms with E-state index in [1.54, 1.807) is 13.8 Å². The van der Waals surface area contributed by atoms with Crippen LogP contribution in [0.25, 0.3) is 0 Å². The zero-order valence-corrected chi connectivity index (χ0v) is 21.7. The summed E-state index contributed by atoms with van der Waals surface area (Å²) in [6.45, 7) is 6.26. The van der Waals surface area contributed by atoms with E-state index in [2.05, 4.69) is 15.4 Å². The number of esters is 1. The van der Waals surface area contributed by atoms with Crippen LogP contribution in [0.15, 0.2) is 0 Å². The molecule has 1 rings (SSSR count). The van der Waals surface area contributed by atoms with E-state index in [1.165, 1.54) is 7.11 Å². The molecule has 0 bridgehead atoms. The van der Waals surface area contributed by atoms with Crippen molar-refractivity contribution in [1.29, 1.82) is 0 Å². The van der Waals surface area contributed by atoms with Gasteiger partial charge in [-0.1, -0.05) is 39.5 Å². The first-order valence-electron chi connectivity index (χ1n) is 10.6. The number of hydrogen-bond acceptors (Lipinski definition) is 12. The van der Waals surface area contributed by atoms with E-state index in [-0.39, 0.29) is 37.2 Å². The first kappa shape index (κ1) is 30.3. The lowest BCUT2D eigenvalue weighted by atomic mass is 9.87. The van der Waals surface area contributed by atoms with E-state index in [0.717, 1.165) is 11.8 Å². The summed E-state index contributed by atoms with van der Waals surface area (Å²) in [6.07, 6.45) is -2.12. The van der Waals surface area contributed by atoms with Gasteiger partial charge in [-0.15, -0.1) is 0 Å². The van der Waals surface area contributed by atoms with E-state index < -0.39 is 50.1 Å². The first-order chi connectivity index (χ1) is 15.8. The molecule has 1 aliphatic rings. The van der Waals surface area contributed by atoms with Gasteiger partial charge in [-0.25, -0.2) is 13.9 Å². The van der Waals surface area contributed by atoms with Crippen molar-refractivity contribution in [3.05, 3.63) is 0 Å². The number of nitrogens with one attached hydrogen (secondary N) is 2. The van der Waals surface area contributed by atoms with Gasteiger partial charge in [0.05, 0.1) is 26.2 Å². The Hall–Kier alpha value is -1.70. The van der Waals surface area contributed by atoms with Crippen LogP contribution >= 0.6 is 19.6 Å². The number of alkyl carbamates (subject to hydrolysis) is 1. The standard InChI is InChI=1S/C19H34N3O10PS/c1-12(2)14(20)17(25)34-9-8-22-18(26)29-11-31-33(27)30-10-19(3,4)15(32-33)16(24)21-7-6-13(23)28-5/h12,14-15H,6-11,20H2,1-5H3,(H,21,24)(H,22,26). The molecular weight excluding hydrogens is 493 g/mol. The first-order valence-corrected chi connectivity index (χ1v) is 13.0. The van der Waals surface area contributed by atoms with E-state index in [4.69, 9.17) is 24.0 Å². The van der Waals surface area contributed by atoms with Gasteiger partial charge in [0.2, 0.25) is 17.8 Å². The third-order valence-corrected chi connectivity index (χ3v) is 6.94. The maximum atomic E-state index is 12.7. The minimum absolute atomic E-state index is 0.00400. The van der Waals surface area contributed by atoms with Gasteiger partial charge in [-0.3, -0.25) is 23.4 Å². The Kier molecular flexibility index (Phi) is 12.5. The summed E-state index contributed by atoms with van der Waals surface area (Å²) in [5, 5.41) is 4.74. The van der Waals surface area contributed by atoms with Crippen molar-refractivity contribution >= 4 is 42.7 Å².